The van der Waals surface area contributed by atoms with Gasteiger partial charge in [-0.05, 0) is 26.0 Å². The fraction of sp³-hybridized carbons (Fsp3) is 0.350. The number of fused-ring (bicyclic) bond motifs is 3. The Morgan fingerprint density at radius 3 is 2.59 bits per heavy atom. The zero-order chi connectivity index (χ0) is 20.7. The highest BCUT2D eigenvalue weighted by molar-refractivity contribution is 5.76. The van der Waals surface area contributed by atoms with E-state index in [4.69, 9.17) is 9.47 Å². The molecule has 9 nitrogen and oxygen atoms in total. The van der Waals surface area contributed by atoms with Gasteiger partial charge in [0.05, 0.1) is 12.3 Å². The highest BCUT2D eigenvalue weighted by Gasteiger charge is 2.20. The van der Waals surface area contributed by atoms with Crippen molar-refractivity contribution in [2.45, 2.75) is 13.8 Å². The Morgan fingerprint density at radius 2 is 1.83 bits per heavy atom. The van der Waals surface area contributed by atoms with Gasteiger partial charge < -0.3 is 9.47 Å². The van der Waals surface area contributed by atoms with Crippen molar-refractivity contribution in [2.75, 3.05) is 19.8 Å². The number of benzene rings is 1. The van der Waals surface area contributed by atoms with Crippen LogP contribution in [0.5, 0.6) is 5.75 Å². The molecule has 0 N–H and O–H groups in total. The van der Waals surface area contributed by atoms with Gasteiger partial charge in [0.1, 0.15) is 12.4 Å². The van der Waals surface area contributed by atoms with E-state index in [1.807, 2.05) is 48.9 Å². The molecular weight excluding hydrogens is 374 g/mol. The summed E-state index contributed by atoms with van der Waals surface area (Å²) in [7, 11) is 3.08. The number of hydrogen-bond acceptors (Lipinski definition) is 5. The summed E-state index contributed by atoms with van der Waals surface area (Å²) < 4.78 is 17.4. The van der Waals surface area contributed by atoms with Crippen LogP contribution >= 0.6 is 0 Å². The molecule has 152 valence electrons. The third-order valence-corrected chi connectivity index (χ3v) is 4.94. The van der Waals surface area contributed by atoms with E-state index in [9.17, 15) is 9.59 Å². The molecule has 3 heterocycles. The summed E-state index contributed by atoms with van der Waals surface area (Å²) in [6, 6.07) is 7.63. The fourth-order valence-electron chi connectivity index (χ4n) is 3.50. The standard InChI is InChI=1S/C20H23N5O4/c1-5-28-10-11-29-15-9-7-6-8-14(15)25-13(2)12-24-16-17(21-19(24)25)22(3)20(27)23(4)18(16)26/h6-9,12H,5,10-11H2,1-4H3. The van der Waals surface area contributed by atoms with Gasteiger partial charge in [-0.3, -0.25) is 22.9 Å². The van der Waals surface area contributed by atoms with E-state index in [1.165, 1.54) is 11.6 Å². The van der Waals surface area contributed by atoms with Gasteiger partial charge in [0, 0.05) is 32.6 Å². The van der Waals surface area contributed by atoms with Crippen molar-refractivity contribution < 1.29 is 9.47 Å². The summed E-state index contributed by atoms with van der Waals surface area (Å²) in [6.45, 7) is 5.43. The average molecular weight is 397 g/mol. The summed E-state index contributed by atoms with van der Waals surface area (Å²) in [4.78, 5) is 29.7. The first kappa shape index (κ1) is 19.0. The maximum Gasteiger partial charge on any atom is 0.332 e. The zero-order valence-electron chi connectivity index (χ0n) is 16.9. The van der Waals surface area contributed by atoms with Gasteiger partial charge in [0.25, 0.3) is 5.56 Å². The molecule has 0 fully saturated rings. The molecule has 1 aromatic carbocycles. The molecule has 0 unspecified atom stereocenters. The highest BCUT2D eigenvalue weighted by Crippen LogP contribution is 2.27. The molecule has 29 heavy (non-hydrogen) atoms. The Labute approximate surface area is 166 Å². The minimum Gasteiger partial charge on any atom is -0.489 e. The molecule has 3 aromatic heterocycles. The molecule has 4 rings (SSSR count). The summed E-state index contributed by atoms with van der Waals surface area (Å²) in [6.07, 6.45) is 1.84. The van der Waals surface area contributed by atoms with Crippen LogP contribution in [-0.4, -0.2) is 42.9 Å². The first-order valence-electron chi connectivity index (χ1n) is 9.41. The lowest BCUT2D eigenvalue weighted by atomic mass is 10.3. The summed E-state index contributed by atoms with van der Waals surface area (Å²) in [5, 5.41) is 0. The predicted octanol–water partition coefficient (Wildman–Crippen LogP) is 1.40. The minimum atomic E-state index is -0.411. The van der Waals surface area contributed by atoms with Crippen LogP contribution < -0.4 is 16.0 Å². The molecule has 4 aromatic rings. The molecule has 0 bridgehead atoms. The molecule has 0 atom stereocenters. The Balaban J connectivity index is 1.94. The van der Waals surface area contributed by atoms with Gasteiger partial charge in [-0.2, -0.15) is 4.98 Å². The first-order chi connectivity index (χ1) is 14.0. The Kier molecular flexibility index (Phi) is 4.75. The smallest absolute Gasteiger partial charge is 0.332 e. The quantitative estimate of drug-likeness (QED) is 0.459. The third kappa shape index (κ3) is 2.94. The van der Waals surface area contributed by atoms with Crippen molar-refractivity contribution in [3.05, 3.63) is 57.0 Å². The van der Waals surface area contributed by atoms with Crippen molar-refractivity contribution in [3.8, 4) is 11.4 Å². The number of aromatic nitrogens is 5. The normalized spacial score (nSPS) is 11.6. The van der Waals surface area contributed by atoms with Crippen LogP contribution in [0.15, 0.2) is 40.1 Å². The molecule has 0 saturated heterocycles. The number of hydrogen-bond donors (Lipinski definition) is 0. The molecule has 0 aliphatic heterocycles. The lowest BCUT2D eigenvalue weighted by molar-refractivity contribution is 0.110. The van der Waals surface area contributed by atoms with E-state index < -0.39 is 5.69 Å². The Hall–Kier alpha value is -3.33. The van der Waals surface area contributed by atoms with Gasteiger partial charge in [-0.25, -0.2) is 4.79 Å². The SMILES string of the molecule is CCOCCOc1ccccc1-n1c(C)cn2c3c(=O)n(C)c(=O)n(C)c3nc12. The minimum absolute atomic E-state index is 0.344. The molecule has 0 aliphatic rings. The molecule has 9 heteroatoms. The lowest BCUT2D eigenvalue weighted by Gasteiger charge is -2.13. The summed E-state index contributed by atoms with van der Waals surface area (Å²) in [5.41, 5.74) is 1.60. The predicted molar refractivity (Wildman–Crippen MR) is 109 cm³/mol. The van der Waals surface area contributed by atoms with E-state index in [2.05, 4.69) is 4.98 Å². The molecule has 0 saturated carbocycles. The van der Waals surface area contributed by atoms with Crippen LogP contribution in [0.2, 0.25) is 0 Å². The molecule has 0 amide bonds. The number of nitrogens with zero attached hydrogens (tertiary/aromatic N) is 5. The lowest BCUT2D eigenvalue weighted by Crippen LogP contribution is -2.37. The van der Waals surface area contributed by atoms with E-state index in [-0.39, 0.29) is 5.56 Å². The van der Waals surface area contributed by atoms with Gasteiger partial charge in [0.2, 0.25) is 5.78 Å². The van der Waals surface area contributed by atoms with Gasteiger partial charge in [-0.15, -0.1) is 0 Å². The zero-order valence-corrected chi connectivity index (χ0v) is 16.9. The fourth-order valence-corrected chi connectivity index (χ4v) is 3.50. The Morgan fingerprint density at radius 1 is 1.07 bits per heavy atom. The van der Waals surface area contributed by atoms with Crippen LogP contribution in [0.3, 0.4) is 0 Å². The topological polar surface area (TPSA) is 84.7 Å². The maximum atomic E-state index is 12.7. The average Bonchev–Trinajstić information content (AvgIpc) is 3.23. The monoisotopic (exact) mass is 397 g/mol. The maximum absolute atomic E-state index is 12.7. The van der Waals surface area contributed by atoms with Crippen molar-refractivity contribution in [3.63, 3.8) is 0 Å². The highest BCUT2D eigenvalue weighted by atomic mass is 16.5. The van der Waals surface area contributed by atoms with Crippen molar-refractivity contribution in [1.82, 2.24) is 23.1 Å². The van der Waals surface area contributed by atoms with Gasteiger partial charge in [-0.1, -0.05) is 12.1 Å². The van der Waals surface area contributed by atoms with E-state index >= 15 is 0 Å². The van der Waals surface area contributed by atoms with Crippen LogP contribution in [0.4, 0.5) is 0 Å². The molecule has 0 aliphatic carbocycles. The number of rotatable bonds is 6. The van der Waals surface area contributed by atoms with Crippen LogP contribution in [-0.2, 0) is 18.8 Å². The largest absolute Gasteiger partial charge is 0.489 e. The van der Waals surface area contributed by atoms with Crippen molar-refractivity contribution >= 4 is 16.9 Å². The number of aryl methyl sites for hydroxylation is 2. The van der Waals surface area contributed by atoms with E-state index in [0.717, 1.165) is 15.9 Å². The second kappa shape index (κ2) is 7.25. The second-order valence-electron chi connectivity index (χ2n) is 6.78. The van der Waals surface area contributed by atoms with E-state index in [0.29, 0.717) is 42.5 Å². The van der Waals surface area contributed by atoms with Crippen molar-refractivity contribution in [1.29, 1.82) is 0 Å². The Bertz CT molecular complexity index is 1320. The summed E-state index contributed by atoms with van der Waals surface area (Å²) in [5.74, 6) is 1.22. The molecular formula is C20H23N5O4. The number of ether oxygens (including phenoxy) is 2. The summed E-state index contributed by atoms with van der Waals surface area (Å²) >= 11 is 0. The van der Waals surface area contributed by atoms with Crippen LogP contribution in [0.1, 0.15) is 12.6 Å². The number of para-hydroxylation sites is 2. The first-order valence-corrected chi connectivity index (χ1v) is 9.41. The second-order valence-corrected chi connectivity index (χ2v) is 6.78. The number of imidazole rings is 2. The van der Waals surface area contributed by atoms with Crippen molar-refractivity contribution in [2.24, 2.45) is 14.1 Å². The molecule has 0 spiro atoms. The van der Waals surface area contributed by atoms with Crippen LogP contribution in [0, 0.1) is 6.92 Å². The van der Waals surface area contributed by atoms with E-state index in [1.54, 1.807) is 11.4 Å². The van der Waals surface area contributed by atoms with Gasteiger partial charge >= 0.3 is 5.69 Å². The van der Waals surface area contributed by atoms with Gasteiger partial charge in [0.15, 0.2) is 11.2 Å². The molecule has 0 radical (unpaired) electrons. The third-order valence-electron chi connectivity index (χ3n) is 4.94. The van der Waals surface area contributed by atoms with Crippen LogP contribution in [0.25, 0.3) is 22.6 Å².